The van der Waals surface area contributed by atoms with Gasteiger partial charge in [0.15, 0.2) is 0 Å². The van der Waals surface area contributed by atoms with Gasteiger partial charge in [-0.2, -0.15) is 0 Å². The molecule has 0 aliphatic rings. The molecule has 0 aliphatic heterocycles. The van der Waals surface area contributed by atoms with Gasteiger partial charge in [0.2, 0.25) is 0 Å². The van der Waals surface area contributed by atoms with Gasteiger partial charge in [0.25, 0.3) is 0 Å². The van der Waals surface area contributed by atoms with Crippen LogP contribution < -0.4 is 5.32 Å². The first kappa shape index (κ1) is 11.9. The summed E-state index contributed by atoms with van der Waals surface area (Å²) in [6, 6.07) is 10.5. The lowest BCUT2D eigenvalue weighted by Crippen LogP contribution is -2.12. The molecule has 3 heteroatoms. The second kappa shape index (κ2) is 5.64. The standard InChI is InChI=1S/C14H19N3/c1-15-9-8-13-14(17(2)11-16-13)10-12-6-4-3-5-7-12/h3-7,11,15H,8-10H2,1-2H3. The van der Waals surface area contributed by atoms with Crippen molar-refractivity contribution in [1.29, 1.82) is 0 Å². The van der Waals surface area contributed by atoms with E-state index in [-0.39, 0.29) is 0 Å². The number of likely N-dealkylation sites (N-methyl/N-ethyl adjacent to an activating group) is 1. The first-order valence-corrected chi connectivity index (χ1v) is 5.99. The van der Waals surface area contributed by atoms with Crippen LogP contribution in [0.1, 0.15) is 17.0 Å². The van der Waals surface area contributed by atoms with Gasteiger partial charge in [-0.3, -0.25) is 0 Å². The topological polar surface area (TPSA) is 29.9 Å². The zero-order valence-electron chi connectivity index (χ0n) is 10.5. The molecular weight excluding hydrogens is 210 g/mol. The number of rotatable bonds is 5. The lowest BCUT2D eigenvalue weighted by Gasteiger charge is -2.06. The van der Waals surface area contributed by atoms with E-state index in [4.69, 9.17) is 0 Å². The highest BCUT2D eigenvalue weighted by atomic mass is 15.0. The van der Waals surface area contributed by atoms with Gasteiger partial charge < -0.3 is 9.88 Å². The molecule has 0 fully saturated rings. The Labute approximate surface area is 103 Å². The number of hydrogen-bond donors (Lipinski definition) is 1. The zero-order valence-corrected chi connectivity index (χ0v) is 10.5. The molecule has 2 aromatic rings. The molecule has 3 nitrogen and oxygen atoms in total. The van der Waals surface area contributed by atoms with Gasteiger partial charge in [0.05, 0.1) is 12.0 Å². The lowest BCUT2D eigenvalue weighted by molar-refractivity contribution is 0.765. The molecule has 2 rings (SSSR count). The Morgan fingerprint density at radius 3 is 2.71 bits per heavy atom. The van der Waals surface area contributed by atoms with E-state index in [1.807, 2.05) is 13.4 Å². The summed E-state index contributed by atoms with van der Waals surface area (Å²) >= 11 is 0. The van der Waals surface area contributed by atoms with Crippen LogP contribution in [0.5, 0.6) is 0 Å². The summed E-state index contributed by atoms with van der Waals surface area (Å²) in [5.41, 5.74) is 3.85. The van der Waals surface area contributed by atoms with Crippen molar-refractivity contribution >= 4 is 0 Å². The first-order chi connectivity index (χ1) is 8.31. The minimum Gasteiger partial charge on any atom is -0.337 e. The van der Waals surface area contributed by atoms with Crippen molar-refractivity contribution in [2.45, 2.75) is 12.8 Å². The summed E-state index contributed by atoms with van der Waals surface area (Å²) in [6.45, 7) is 0.971. The fraction of sp³-hybridized carbons (Fsp3) is 0.357. The maximum absolute atomic E-state index is 4.47. The van der Waals surface area contributed by atoms with Crippen molar-refractivity contribution in [2.24, 2.45) is 7.05 Å². The molecule has 17 heavy (non-hydrogen) atoms. The van der Waals surface area contributed by atoms with Gasteiger partial charge in [-0.15, -0.1) is 0 Å². The van der Waals surface area contributed by atoms with Crippen LogP contribution in [0.4, 0.5) is 0 Å². The summed E-state index contributed by atoms with van der Waals surface area (Å²) < 4.78 is 2.12. The molecule has 0 saturated heterocycles. The second-order valence-corrected chi connectivity index (χ2v) is 4.26. The van der Waals surface area contributed by atoms with Crippen molar-refractivity contribution in [3.05, 3.63) is 53.6 Å². The van der Waals surface area contributed by atoms with Gasteiger partial charge in [-0.1, -0.05) is 30.3 Å². The molecular formula is C14H19N3. The normalized spacial score (nSPS) is 10.7. The summed E-state index contributed by atoms with van der Waals surface area (Å²) in [4.78, 5) is 4.47. The molecule has 90 valence electrons. The number of aryl methyl sites for hydroxylation is 1. The minimum absolute atomic E-state index is 0.955. The number of nitrogens with zero attached hydrogens (tertiary/aromatic N) is 2. The van der Waals surface area contributed by atoms with E-state index in [2.05, 4.69) is 52.2 Å². The van der Waals surface area contributed by atoms with Crippen LogP contribution in [0, 0.1) is 0 Å². The van der Waals surface area contributed by atoms with Gasteiger partial charge in [0.1, 0.15) is 0 Å². The summed E-state index contributed by atoms with van der Waals surface area (Å²) in [7, 11) is 4.04. The van der Waals surface area contributed by atoms with Crippen LogP contribution in [0.15, 0.2) is 36.7 Å². The van der Waals surface area contributed by atoms with Gasteiger partial charge in [0, 0.05) is 32.1 Å². The predicted octanol–water partition coefficient (Wildman–Crippen LogP) is 1.77. The van der Waals surface area contributed by atoms with Crippen LogP contribution in [-0.2, 0) is 19.9 Å². The summed E-state index contributed by atoms with van der Waals surface area (Å²) in [6.07, 6.45) is 3.85. The average Bonchev–Trinajstić information content (AvgIpc) is 2.70. The Kier molecular flexibility index (Phi) is 3.94. The molecule has 0 atom stereocenters. The van der Waals surface area contributed by atoms with E-state index in [1.165, 1.54) is 17.0 Å². The van der Waals surface area contributed by atoms with Crippen molar-refractivity contribution in [3.8, 4) is 0 Å². The molecule has 1 aromatic carbocycles. The Balaban J connectivity index is 2.17. The molecule has 0 bridgehead atoms. The molecule has 0 saturated carbocycles. The summed E-state index contributed by atoms with van der Waals surface area (Å²) in [5, 5.41) is 3.17. The Bertz CT molecular complexity index is 460. The van der Waals surface area contributed by atoms with Gasteiger partial charge >= 0.3 is 0 Å². The first-order valence-electron chi connectivity index (χ1n) is 5.99. The number of benzene rings is 1. The third-order valence-electron chi connectivity index (χ3n) is 2.97. The number of aromatic nitrogens is 2. The third-order valence-corrected chi connectivity index (χ3v) is 2.97. The Morgan fingerprint density at radius 1 is 1.24 bits per heavy atom. The number of nitrogens with one attached hydrogen (secondary N) is 1. The average molecular weight is 229 g/mol. The van der Waals surface area contributed by atoms with Crippen molar-refractivity contribution in [1.82, 2.24) is 14.9 Å². The summed E-state index contributed by atoms with van der Waals surface area (Å²) in [5.74, 6) is 0. The zero-order chi connectivity index (χ0) is 12.1. The fourth-order valence-electron chi connectivity index (χ4n) is 1.97. The van der Waals surface area contributed by atoms with E-state index in [0.29, 0.717) is 0 Å². The molecule has 0 amide bonds. The molecule has 1 heterocycles. The monoisotopic (exact) mass is 229 g/mol. The van der Waals surface area contributed by atoms with Gasteiger partial charge in [-0.05, 0) is 12.6 Å². The quantitative estimate of drug-likeness (QED) is 0.847. The van der Waals surface area contributed by atoms with Crippen molar-refractivity contribution < 1.29 is 0 Å². The minimum atomic E-state index is 0.955. The van der Waals surface area contributed by atoms with E-state index >= 15 is 0 Å². The highest BCUT2D eigenvalue weighted by Gasteiger charge is 2.08. The molecule has 1 aromatic heterocycles. The maximum Gasteiger partial charge on any atom is 0.0949 e. The number of imidazole rings is 1. The third kappa shape index (κ3) is 2.94. The smallest absolute Gasteiger partial charge is 0.0949 e. The Morgan fingerprint density at radius 2 is 2.00 bits per heavy atom. The van der Waals surface area contributed by atoms with Gasteiger partial charge in [-0.25, -0.2) is 4.98 Å². The molecule has 0 aliphatic carbocycles. The SMILES string of the molecule is CNCCc1ncn(C)c1Cc1ccccc1. The van der Waals surface area contributed by atoms with Crippen LogP contribution >= 0.6 is 0 Å². The van der Waals surface area contributed by atoms with E-state index < -0.39 is 0 Å². The van der Waals surface area contributed by atoms with E-state index in [1.54, 1.807) is 0 Å². The van der Waals surface area contributed by atoms with Crippen LogP contribution in [0.25, 0.3) is 0 Å². The highest BCUT2D eigenvalue weighted by Crippen LogP contribution is 2.13. The van der Waals surface area contributed by atoms with Crippen LogP contribution in [0.3, 0.4) is 0 Å². The fourth-order valence-corrected chi connectivity index (χ4v) is 1.97. The molecule has 0 unspecified atom stereocenters. The van der Waals surface area contributed by atoms with Crippen molar-refractivity contribution in [3.63, 3.8) is 0 Å². The van der Waals surface area contributed by atoms with Crippen molar-refractivity contribution in [2.75, 3.05) is 13.6 Å². The lowest BCUT2D eigenvalue weighted by atomic mass is 10.1. The van der Waals surface area contributed by atoms with Crippen LogP contribution in [0.2, 0.25) is 0 Å². The number of hydrogen-bond acceptors (Lipinski definition) is 2. The van der Waals surface area contributed by atoms with E-state index in [0.717, 1.165) is 19.4 Å². The molecule has 0 spiro atoms. The largest absolute Gasteiger partial charge is 0.337 e. The maximum atomic E-state index is 4.47. The molecule has 1 N–H and O–H groups in total. The predicted molar refractivity (Wildman–Crippen MR) is 70.1 cm³/mol. The Hall–Kier alpha value is -1.61. The molecule has 0 radical (unpaired) electrons. The highest BCUT2D eigenvalue weighted by molar-refractivity contribution is 5.25. The van der Waals surface area contributed by atoms with E-state index in [9.17, 15) is 0 Å². The van der Waals surface area contributed by atoms with Crippen LogP contribution in [-0.4, -0.2) is 23.1 Å². The second-order valence-electron chi connectivity index (χ2n) is 4.26.